The molecule has 5 heteroatoms. The van der Waals surface area contributed by atoms with Crippen molar-refractivity contribution in [3.63, 3.8) is 0 Å². The number of rotatable bonds is 2. The maximum atomic E-state index is 15.6. The summed E-state index contributed by atoms with van der Waals surface area (Å²) in [6.07, 6.45) is 3.61. The van der Waals surface area contributed by atoms with E-state index in [1.54, 1.807) is 17.4 Å². The van der Waals surface area contributed by atoms with Gasteiger partial charge in [0.2, 0.25) is 0 Å². The van der Waals surface area contributed by atoms with Gasteiger partial charge in [-0.05, 0) is 65.8 Å². The predicted octanol–water partition coefficient (Wildman–Crippen LogP) is 10.8. The van der Waals surface area contributed by atoms with Gasteiger partial charge in [0, 0.05) is 32.3 Å². The van der Waals surface area contributed by atoms with E-state index in [1.807, 2.05) is 18.2 Å². The third kappa shape index (κ3) is 4.00. The van der Waals surface area contributed by atoms with Crippen LogP contribution in [0.5, 0.6) is 0 Å². The first-order valence-corrected chi connectivity index (χ1v) is 17.6. The number of thiophene rings is 1. The lowest BCUT2D eigenvalue weighted by atomic mass is 9.79. The van der Waals surface area contributed by atoms with Gasteiger partial charge in [-0.25, -0.2) is 4.39 Å². The number of imidazole rings is 1. The van der Waals surface area contributed by atoms with E-state index in [1.165, 1.54) is 16.5 Å². The minimum atomic E-state index is -0.205. The zero-order valence-electron chi connectivity index (χ0n) is 26.7. The van der Waals surface area contributed by atoms with Crippen LogP contribution < -0.4 is 4.57 Å². The normalized spacial score (nSPS) is 17.2. The molecule has 2 aliphatic heterocycles. The van der Waals surface area contributed by atoms with E-state index >= 15 is 4.39 Å². The van der Waals surface area contributed by atoms with Gasteiger partial charge in [-0.1, -0.05) is 104 Å². The zero-order chi connectivity index (χ0) is 32.8. The Morgan fingerprint density at radius 3 is 2.55 bits per heavy atom. The summed E-state index contributed by atoms with van der Waals surface area (Å²) < 4.78 is 22.4. The maximum Gasteiger partial charge on any atom is 0.301 e. The molecule has 0 saturated carbocycles. The summed E-state index contributed by atoms with van der Waals surface area (Å²) in [6.45, 7) is 9.07. The molecule has 0 N–H and O–H groups in total. The van der Waals surface area contributed by atoms with Crippen molar-refractivity contribution in [1.29, 1.82) is 0 Å². The average Bonchev–Trinajstić information content (AvgIpc) is 3.70. The molecule has 6 aromatic carbocycles. The molecular weight excluding hydrogens is 622 g/mol. The minimum Gasteiger partial charge on any atom is -0.272 e. The molecule has 4 heterocycles. The van der Waals surface area contributed by atoms with Gasteiger partial charge in [-0.2, -0.15) is 9.13 Å². The van der Waals surface area contributed by atoms with Crippen LogP contribution >= 0.6 is 11.3 Å². The summed E-state index contributed by atoms with van der Waals surface area (Å²) >= 11 is 1.68. The third-order valence-corrected chi connectivity index (χ3v) is 11.7. The Morgan fingerprint density at radius 1 is 0.837 bits per heavy atom. The van der Waals surface area contributed by atoms with E-state index in [-0.39, 0.29) is 17.8 Å². The van der Waals surface area contributed by atoms with Gasteiger partial charge in [0.25, 0.3) is 0 Å². The monoisotopic (exact) mass is 652 g/mol. The van der Waals surface area contributed by atoms with Crippen molar-refractivity contribution in [3.05, 3.63) is 163 Å². The number of halogens is 1. The fourth-order valence-electron chi connectivity index (χ4n) is 8.43. The SMILES string of the molecule is C=CC1=NC2C(=C)[n+]3c(n(-c4cccc5ccccc45)c4ccccc43)-c3c(ccc4c3sc3cccc(F)c34)CCC2c2ccccc21. The molecule has 0 radical (unpaired) electrons. The highest BCUT2D eigenvalue weighted by atomic mass is 32.1. The second-order valence-corrected chi connectivity index (χ2v) is 14.1. The molecule has 0 spiro atoms. The zero-order valence-corrected chi connectivity index (χ0v) is 27.6. The van der Waals surface area contributed by atoms with E-state index in [0.717, 1.165) is 78.1 Å². The van der Waals surface area contributed by atoms with E-state index < -0.39 is 0 Å². The van der Waals surface area contributed by atoms with Crippen molar-refractivity contribution in [2.75, 3.05) is 0 Å². The summed E-state index contributed by atoms with van der Waals surface area (Å²) in [5.41, 5.74) is 9.83. The van der Waals surface area contributed by atoms with Gasteiger partial charge < -0.3 is 0 Å². The number of fused-ring (bicyclic) bond motifs is 13. The molecule has 2 atom stereocenters. The maximum absolute atomic E-state index is 15.6. The Kier molecular flexibility index (Phi) is 6.18. The summed E-state index contributed by atoms with van der Waals surface area (Å²) in [5, 5.41) is 3.96. The standard InChI is InChI=1S/C44H31FN3S/c1-3-35-31-16-7-6-15-30(31)32-24-22-28-23-25-33-41-34(45)17-11-21-39(41)49-43(33)40(28)44-47(26(2)42(32)46-35)37-18-8-9-19-38(37)48(44)36-20-10-13-27-12-4-5-14-29(27)36/h3-21,23,25,32,42H,1-2,22,24H2/q+1. The van der Waals surface area contributed by atoms with Gasteiger partial charge in [0.1, 0.15) is 23.2 Å². The summed E-state index contributed by atoms with van der Waals surface area (Å²) in [6, 6.07) is 41.9. The number of hydrogen-bond donors (Lipinski definition) is 0. The molecule has 3 nitrogen and oxygen atoms in total. The van der Waals surface area contributed by atoms with E-state index in [2.05, 4.69) is 119 Å². The molecule has 49 heavy (non-hydrogen) atoms. The van der Waals surface area contributed by atoms with Gasteiger partial charge in [-0.3, -0.25) is 4.99 Å². The van der Waals surface area contributed by atoms with Gasteiger partial charge in [0.15, 0.2) is 11.0 Å². The first-order valence-electron chi connectivity index (χ1n) is 16.8. The topological polar surface area (TPSA) is 21.2 Å². The Labute approximate surface area is 287 Å². The van der Waals surface area contributed by atoms with E-state index in [4.69, 9.17) is 11.6 Å². The molecule has 10 rings (SSSR count). The Bertz CT molecular complexity index is 2740. The lowest BCUT2D eigenvalue weighted by Crippen LogP contribution is -2.42. The van der Waals surface area contributed by atoms with Crippen molar-refractivity contribution < 1.29 is 8.96 Å². The summed E-state index contributed by atoms with van der Waals surface area (Å²) in [5.74, 6) is 0.950. The Morgan fingerprint density at radius 2 is 1.63 bits per heavy atom. The molecule has 0 fully saturated rings. The second-order valence-electron chi connectivity index (χ2n) is 13.1. The quantitative estimate of drug-likeness (QED) is 0.166. The molecule has 0 bridgehead atoms. The molecule has 2 aromatic heterocycles. The number of aliphatic imine (C=N–C) groups is 1. The molecule has 234 valence electrons. The first kappa shape index (κ1) is 28.4. The average molecular weight is 653 g/mol. The highest BCUT2D eigenvalue weighted by molar-refractivity contribution is 7.26. The van der Waals surface area contributed by atoms with Crippen molar-refractivity contribution in [2.24, 2.45) is 4.99 Å². The minimum absolute atomic E-state index is 0.119. The first-order chi connectivity index (χ1) is 24.1. The van der Waals surface area contributed by atoms with Crippen LogP contribution in [0.3, 0.4) is 0 Å². The van der Waals surface area contributed by atoms with Gasteiger partial charge in [-0.15, -0.1) is 11.3 Å². The Balaban J connectivity index is 1.40. The van der Waals surface area contributed by atoms with Gasteiger partial charge >= 0.3 is 5.82 Å². The van der Waals surface area contributed by atoms with Crippen LogP contribution in [0.2, 0.25) is 0 Å². The van der Waals surface area contributed by atoms with E-state index in [9.17, 15) is 0 Å². The van der Waals surface area contributed by atoms with Crippen LogP contribution in [0.4, 0.5) is 4.39 Å². The van der Waals surface area contributed by atoms with Crippen molar-refractivity contribution in [1.82, 2.24) is 4.57 Å². The molecule has 2 unspecified atom stereocenters. The lowest BCUT2D eigenvalue weighted by molar-refractivity contribution is -0.543. The summed E-state index contributed by atoms with van der Waals surface area (Å²) in [4.78, 5) is 5.42. The van der Waals surface area contributed by atoms with Crippen molar-refractivity contribution in [2.45, 2.75) is 24.8 Å². The smallest absolute Gasteiger partial charge is 0.272 e. The molecule has 8 aromatic rings. The number of aromatic nitrogens is 2. The van der Waals surface area contributed by atoms with Crippen LogP contribution in [0.25, 0.3) is 64.8 Å². The van der Waals surface area contributed by atoms with Crippen LogP contribution in [0, 0.1) is 5.82 Å². The summed E-state index contributed by atoms with van der Waals surface area (Å²) in [7, 11) is 0. The molecule has 2 aliphatic rings. The second kappa shape index (κ2) is 10.7. The number of para-hydroxylation sites is 2. The third-order valence-electron chi connectivity index (χ3n) is 10.6. The van der Waals surface area contributed by atoms with Crippen LogP contribution in [0.15, 0.2) is 146 Å². The molecule has 0 aliphatic carbocycles. The number of hydrogen-bond acceptors (Lipinski definition) is 2. The largest absolute Gasteiger partial charge is 0.301 e. The molecular formula is C44H31FN3S+. The number of aryl methyl sites for hydroxylation is 1. The van der Waals surface area contributed by atoms with Crippen molar-refractivity contribution in [3.8, 4) is 17.1 Å². The molecule has 0 amide bonds. The predicted molar refractivity (Wildman–Crippen MR) is 203 cm³/mol. The number of allylic oxidation sites excluding steroid dienone is 1. The van der Waals surface area contributed by atoms with Crippen LogP contribution in [-0.2, 0) is 6.42 Å². The van der Waals surface area contributed by atoms with Gasteiger partial charge in [0.05, 0.1) is 16.0 Å². The number of benzene rings is 6. The number of nitrogens with zero attached hydrogens (tertiary/aromatic N) is 3. The van der Waals surface area contributed by atoms with Crippen molar-refractivity contribution >= 4 is 64.7 Å². The Hall–Kier alpha value is -5.65. The fourth-order valence-corrected chi connectivity index (χ4v) is 9.71. The highest BCUT2D eigenvalue weighted by Crippen LogP contribution is 2.47. The fraction of sp³-hybridized carbons (Fsp3) is 0.0909. The highest BCUT2D eigenvalue weighted by Gasteiger charge is 2.41. The molecule has 0 saturated heterocycles. The van der Waals surface area contributed by atoms with E-state index in [0.29, 0.717) is 5.39 Å². The van der Waals surface area contributed by atoms with Crippen LogP contribution in [0.1, 0.15) is 29.0 Å². The van der Waals surface area contributed by atoms with Crippen LogP contribution in [-0.4, -0.2) is 16.3 Å². The lowest BCUT2D eigenvalue weighted by Gasteiger charge is -2.31.